The molecule has 0 spiro atoms. The molecule has 0 aromatic heterocycles. The van der Waals surface area contributed by atoms with Crippen LogP contribution in [0.3, 0.4) is 0 Å². The normalized spacial score (nSPS) is 12.2. The van der Waals surface area contributed by atoms with E-state index in [1.165, 1.54) is 11.3 Å². The summed E-state index contributed by atoms with van der Waals surface area (Å²) < 4.78 is 0. The predicted octanol–water partition coefficient (Wildman–Crippen LogP) is 5.09. The van der Waals surface area contributed by atoms with Crippen LogP contribution in [0.4, 0.5) is 11.4 Å². The Kier molecular flexibility index (Phi) is 5.27. The highest BCUT2D eigenvalue weighted by atomic mass is 35.5. The summed E-state index contributed by atoms with van der Waals surface area (Å²) in [5, 5.41) is 4.03. The Balaban J connectivity index is 2.40. The standard InChI is InChI=1S/C18H23ClN2/c1-5-21(18-9-7-6-8-13(18)2)15-10-11-16(14(3)20-4)17(19)12-15/h6-12,14,20H,5H2,1-4H3. The van der Waals surface area contributed by atoms with Crippen molar-refractivity contribution in [3.63, 3.8) is 0 Å². The Hall–Kier alpha value is -1.51. The van der Waals surface area contributed by atoms with E-state index in [1.807, 2.05) is 7.05 Å². The second-order valence-corrected chi connectivity index (χ2v) is 5.65. The van der Waals surface area contributed by atoms with E-state index in [0.717, 1.165) is 22.8 Å². The van der Waals surface area contributed by atoms with Crippen LogP contribution in [0.25, 0.3) is 0 Å². The molecule has 2 aromatic carbocycles. The highest BCUT2D eigenvalue weighted by Crippen LogP contribution is 2.32. The van der Waals surface area contributed by atoms with Crippen LogP contribution in [0.5, 0.6) is 0 Å². The molecule has 1 N–H and O–H groups in total. The summed E-state index contributed by atoms with van der Waals surface area (Å²) in [6.07, 6.45) is 0. The molecule has 1 atom stereocenters. The zero-order chi connectivity index (χ0) is 15.4. The lowest BCUT2D eigenvalue weighted by Crippen LogP contribution is -2.18. The largest absolute Gasteiger partial charge is 0.342 e. The predicted molar refractivity (Wildman–Crippen MR) is 92.8 cm³/mol. The molecule has 1 unspecified atom stereocenters. The quantitative estimate of drug-likeness (QED) is 0.828. The van der Waals surface area contributed by atoms with Gasteiger partial charge in [0.25, 0.3) is 0 Å². The first-order chi connectivity index (χ1) is 10.1. The smallest absolute Gasteiger partial charge is 0.0474 e. The molecular formula is C18H23ClN2. The van der Waals surface area contributed by atoms with Gasteiger partial charge < -0.3 is 10.2 Å². The molecule has 0 aliphatic carbocycles. The maximum atomic E-state index is 6.46. The maximum absolute atomic E-state index is 6.46. The molecule has 2 nitrogen and oxygen atoms in total. The number of rotatable bonds is 5. The van der Waals surface area contributed by atoms with Gasteiger partial charge in [-0.3, -0.25) is 0 Å². The minimum absolute atomic E-state index is 0.250. The van der Waals surface area contributed by atoms with Crippen LogP contribution in [-0.2, 0) is 0 Å². The van der Waals surface area contributed by atoms with Crippen LogP contribution in [0.15, 0.2) is 42.5 Å². The van der Waals surface area contributed by atoms with E-state index in [0.29, 0.717) is 0 Å². The van der Waals surface area contributed by atoms with Crippen molar-refractivity contribution in [1.82, 2.24) is 5.32 Å². The van der Waals surface area contributed by atoms with Gasteiger partial charge in [-0.05, 0) is 57.1 Å². The molecule has 2 aromatic rings. The Morgan fingerprint density at radius 2 is 1.90 bits per heavy atom. The minimum atomic E-state index is 0.250. The average molecular weight is 303 g/mol. The molecule has 0 saturated carbocycles. The number of nitrogens with one attached hydrogen (secondary N) is 1. The van der Waals surface area contributed by atoms with Crippen molar-refractivity contribution in [2.75, 3.05) is 18.5 Å². The van der Waals surface area contributed by atoms with Gasteiger partial charge >= 0.3 is 0 Å². The second-order valence-electron chi connectivity index (χ2n) is 5.25. The van der Waals surface area contributed by atoms with Gasteiger partial charge in [-0.1, -0.05) is 35.9 Å². The van der Waals surface area contributed by atoms with Crippen molar-refractivity contribution >= 4 is 23.0 Å². The lowest BCUT2D eigenvalue weighted by atomic mass is 10.1. The van der Waals surface area contributed by atoms with Gasteiger partial charge in [0.15, 0.2) is 0 Å². The van der Waals surface area contributed by atoms with Crippen molar-refractivity contribution in [3.8, 4) is 0 Å². The van der Waals surface area contributed by atoms with Crippen LogP contribution < -0.4 is 10.2 Å². The van der Waals surface area contributed by atoms with Gasteiger partial charge in [0.1, 0.15) is 0 Å². The summed E-state index contributed by atoms with van der Waals surface area (Å²) in [5.41, 5.74) is 4.75. The summed E-state index contributed by atoms with van der Waals surface area (Å²) in [5.74, 6) is 0. The Bertz CT molecular complexity index is 610. The van der Waals surface area contributed by atoms with Crippen molar-refractivity contribution < 1.29 is 0 Å². The molecule has 112 valence electrons. The van der Waals surface area contributed by atoms with Crippen LogP contribution in [0.2, 0.25) is 5.02 Å². The SMILES string of the molecule is CCN(c1ccc(C(C)NC)c(Cl)c1)c1ccccc1C. The molecule has 21 heavy (non-hydrogen) atoms. The first kappa shape index (κ1) is 15.9. The maximum Gasteiger partial charge on any atom is 0.0474 e. The molecule has 3 heteroatoms. The molecule has 0 radical (unpaired) electrons. The number of nitrogens with zero attached hydrogens (tertiary/aromatic N) is 1. The van der Waals surface area contributed by atoms with Gasteiger partial charge in [-0.25, -0.2) is 0 Å². The van der Waals surface area contributed by atoms with E-state index in [-0.39, 0.29) is 6.04 Å². The van der Waals surface area contributed by atoms with E-state index < -0.39 is 0 Å². The third-order valence-corrected chi connectivity index (χ3v) is 4.25. The number of para-hydroxylation sites is 1. The fraction of sp³-hybridized carbons (Fsp3) is 0.333. The van der Waals surface area contributed by atoms with Gasteiger partial charge in [-0.15, -0.1) is 0 Å². The summed E-state index contributed by atoms with van der Waals surface area (Å²) in [6, 6.07) is 15.0. The Morgan fingerprint density at radius 3 is 2.48 bits per heavy atom. The second kappa shape index (κ2) is 6.97. The van der Waals surface area contributed by atoms with Crippen molar-refractivity contribution in [2.45, 2.75) is 26.8 Å². The molecule has 0 saturated heterocycles. The topological polar surface area (TPSA) is 15.3 Å². The Labute approximate surface area is 132 Å². The van der Waals surface area contributed by atoms with Gasteiger partial charge in [-0.2, -0.15) is 0 Å². The summed E-state index contributed by atoms with van der Waals surface area (Å²) in [6.45, 7) is 7.31. The van der Waals surface area contributed by atoms with E-state index in [2.05, 4.69) is 73.5 Å². The van der Waals surface area contributed by atoms with Gasteiger partial charge in [0.05, 0.1) is 0 Å². The Morgan fingerprint density at radius 1 is 1.19 bits per heavy atom. The van der Waals surface area contributed by atoms with E-state index >= 15 is 0 Å². The summed E-state index contributed by atoms with van der Waals surface area (Å²) in [4.78, 5) is 2.29. The van der Waals surface area contributed by atoms with E-state index in [1.54, 1.807) is 0 Å². The molecule has 0 amide bonds. The molecular weight excluding hydrogens is 280 g/mol. The van der Waals surface area contributed by atoms with Crippen LogP contribution in [0.1, 0.15) is 31.0 Å². The first-order valence-electron chi connectivity index (χ1n) is 7.38. The number of hydrogen-bond acceptors (Lipinski definition) is 2. The lowest BCUT2D eigenvalue weighted by molar-refractivity contribution is 0.652. The van der Waals surface area contributed by atoms with Crippen LogP contribution in [0, 0.1) is 6.92 Å². The summed E-state index contributed by atoms with van der Waals surface area (Å²) in [7, 11) is 1.95. The zero-order valence-corrected chi connectivity index (χ0v) is 13.9. The molecule has 0 aliphatic heterocycles. The van der Waals surface area contributed by atoms with Crippen molar-refractivity contribution in [2.24, 2.45) is 0 Å². The monoisotopic (exact) mass is 302 g/mol. The molecule has 0 heterocycles. The lowest BCUT2D eigenvalue weighted by Gasteiger charge is -2.26. The molecule has 2 rings (SSSR count). The van der Waals surface area contributed by atoms with Crippen LogP contribution in [-0.4, -0.2) is 13.6 Å². The molecule has 0 aliphatic rings. The molecule has 0 fully saturated rings. The first-order valence-corrected chi connectivity index (χ1v) is 7.76. The van der Waals surface area contributed by atoms with Crippen molar-refractivity contribution in [1.29, 1.82) is 0 Å². The van der Waals surface area contributed by atoms with Gasteiger partial charge in [0, 0.05) is 29.0 Å². The highest BCUT2D eigenvalue weighted by molar-refractivity contribution is 6.31. The van der Waals surface area contributed by atoms with Crippen molar-refractivity contribution in [3.05, 3.63) is 58.6 Å². The minimum Gasteiger partial charge on any atom is -0.342 e. The molecule has 0 bridgehead atoms. The third kappa shape index (κ3) is 3.39. The van der Waals surface area contributed by atoms with E-state index in [4.69, 9.17) is 11.6 Å². The number of benzene rings is 2. The number of aryl methyl sites for hydroxylation is 1. The number of halogens is 1. The number of anilines is 2. The van der Waals surface area contributed by atoms with Gasteiger partial charge in [0.2, 0.25) is 0 Å². The van der Waals surface area contributed by atoms with E-state index in [9.17, 15) is 0 Å². The average Bonchev–Trinajstić information content (AvgIpc) is 2.49. The third-order valence-electron chi connectivity index (χ3n) is 3.92. The fourth-order valence-electron chi connectivity index (χ4n) is 2.55. The van der Waals surface area contributed by atoms with Crippen LogP contribution >= 0.6 is 11.6 Å². The zero-order valence-electron chi connectivity index (χ0n) is 13.2. The number of hydrogen-bond donors (Lipinski definition) is 1. The highest BCUT2D eigenvalue weighted by Gasteiger charge is 2.13. The fourth-order valence-corrected chi connectivity index (χ4v) is 2.89. The summed E-state index contributed by atoms with van der Waals surface area (Å²) >= 11 is 6.46.